The fraction of sp³-hybridized carbons (Fsp3) is 0.0769. The number of nitrogens with one attached hydrogen (secondary N) is 1. The first-order valence-corrected chi connectivity index (χ1v) is 6.12. The number of nitrogen functional groups attached to an aromatic ring is 1. The van der Waals surface area contributed by atoms with Crippen LogP contribution in [-0.2, 0) is 0 Å². The molecule has 0 unspecified atom stereocenters. The van der Waals surface area contributed by atoms with E-state index in [0.29, 0.717) is 21.4 Å². The van der Waals surface area contributed by atoms with Gasteiger partial charge in [0.15, 0.2) is 11.6 Å². The predicted octanol–water partition coefficient (Wildman–Crippen LogP) is 4.47. The maximum atomic E-state index is 13.4. The lowest BCUT2D eigenvalue weighted by atomic mass is 10.2. The topological polar surface area (TPSA) is 47.3 Å². The zero-order valence-electron chi connectivity index (χ0n) is 10.0. The fourth-order valence-corrected chi connectivity index (χ4v) is 1.93. The van der Waals surface area contributed by atoms with Gasteiger partial charge in [0.25, 0.3) is 0 Å². The number of hydrogen-bond donors (Lipinski definition) is 2. The van der Waals surface area contributed by atoms with E-state index in [1.165, 1.54) is 19.2 Å². The third kappa shape index (κ3) is 2.85. The molecule has 0 heterocycles. The lowest BCUT2D eigenvalue weighted by Crippen LogP contribution is -1.99. The Bertz CT molecular complexity index is 620. The van der Waals surface area contributed by atoms with E-state index >= 15 is 0 Å². The van der Waals surface area contributed by atoms with Gasteiger partial charge in [0.05, 0.1) is 34.2 Å². The van der Waals surface area contributed by atoms with Gasteiger partial charge in [-0.15, -0.1) is 0 Å². The molecule has 3 N–H and O–H groups in total. The van der Waals surface area contributed by atoms with Gasteiger partial charge in [-0.05, 0) is 12.1 Å². The molecule has 6 heteroatoms. The van der Waals surface area contributed by atoms with Crippen molar-refractivity contribution in [2.24, 2.45) is 0 Å². The highest BCUT2D eigenvalue weighted by Gasteiger charge is 2.10. The van der Waals surface area contributed by atoms with E-state index < -0.39 is 5.82 Å². The number of benzene rings is 2. The zero-order chi connectivity index (χ0) is 14.0. The molecule has 0 aliphatic heterocycles. The second kappa shape index (κ2) is 5.55. The molecule has 2 rings (SSSR count). The highest BCUT2D eigenvalue weighted by Crippen LogP contribution is 2.35. The Kier molecular flexibility index (Phi) is 4.02. The molecule has 2 aromatic rings. The van der Waals surface area contributed by atoms with Crippen LogP contribution in [0.25, 0.3) is 0 Å². The molecule has 0 bridgehead atoms. The van der Waals surface area contributed by atoms with Crippen molar-refractivity contribution < 1.29 is 9.13 Å². The maximum Gasteiger partial charge on any atom is 0.167 e. The molecule has 3 nitrogen and oxygen atoms in total. The summed E-state index contributed by atoms with van der Waals surface area (Å²) in [6.07, 6.45) is 0. The quantitative estimate of drug-likeness (QED) is 0.822. The average Bonchev–Trinajstić information content (AvgIpc) is 2.38. The average molecular weight is 301 g/mol. The van der Waals surface area contributed by atoms with Crippen LogP contribution in [0.3, 0.4) is 0 Å². The summed E-state index contributed by atoms with van der Waals surface area (Å²) >= 11 is 12.0. The monoisotopic (exact) mass is 300 g/mol. The van der Waals surface area contributed by atoms with E-state index in [-0.39, 0.29) is 11.4 Å². The van der Waals surface area contributed by atoms with Crippen molar-refractivity contribution in [2.75, 3.05) is 18.2 Å². The van der Waals surface area contributed by atoms with Crippen LogP contribution in [0.1, 0.15) is 0 Å². The summed E-state index contributed by atoms with van der Waals surface area (Å²) in [5.41, 5.74) is 7.06. The van der Waals surface area contributed by atoms with Crippen molar-refractivity contribution in [1.29, 1.82) is 0 Å². The lowest BCUT2D eigenvalue weighted by molar-refractivity contribution is 0.387. The molecule has 2 aromatic carbocycles. The molecule has 0 aliphatic rings. The van der Waals surface area contributed by atoms with Crippen molar-refractivity contribution in [3.63, 3.8) is 0 Å². The number of ether oxygens (including phenoxy) is 1. The van der Waals surface area contributed by atoms with Gasteiger partial charge in [-0.2, -0.15) is 0 Å². The number of rotatable bonds is 3. The molecular weight excluding hydrogens is 290 g/mol. The van der Waals surface area contributed by atoms with Gasteiger partial charge in [0.2, 0.25) is 0 Å². The minimum atomic E-state index is -0.525. The van der Waals surface area contributed by atoms with Crippen LogP contribution in [0.15, 0.2) is 30.3 Å². The first-order chi connectivity index (χ1) is 9.02. The summed E-state index contributed by atoms with van der Waals surface area (Å²) in [5, 5.41) is 3.78. The summed E-state index contributed by atoms with van der Waals surface area (Å²) in [7, 11) is 1.38. The second-order valence-corrected chi connectivity index (χ2v) is 4.59. The molecule has 100 valence electrons. The highest BCUT2D eigenvalue weighted by atomic mass is 35.5. The Labute approximate surface area is 120 Å². The number of anilines is 3. The molecular formula is C13H11Cl2FN2O. The Balaban J connectivity index is 2.41. The van der Waals surface area contributed by atoms with Crippen molar-refractivity contribution in [2.45, 2.75) is 0 Å². The third-order valence-corrected chi connectivity index (χ3v) is 3.36. The Morgan fingerprint density at radius 3 is 2.63 bits per heavy atom. The molecule has 0 aliphatic carbocycles. The largest absolute Gasteiger partial charge is 0.494 e. The Morgan fingerprint density at radius 2 is 1.95 bits per heavy atom. The van der Waals surface area contributed by atoms with E-state index in [9.17, 15) is 4.39 Å². The standard InChI is InChI=1S/C13H11Cl2FN2O/c1-19-12-6-11(9(17)5-8(12)16)18-10-4-2-3-7(14)13(10)15/h2-6,18H,17H2,1H3. The van der Waals surface area contributed by atoms with Crippen LogP contribution in [-0.4, -0.2) is 7.11 Å². The first-order valence-electron chi connectivity index (χ1n) is 5.37. The molecule has 0 spiro atoms. The normalized spacial score (nSPS) is 10.3. The molecule has 0 radical (unpaired) electrons. The lowest BCUT2D eigenvalue weighted by Gasteiger charge is -2.13. The minimum Gasteiger partial charge on any atom is -0.494 e. The van der Waals surface area contributed by atoms with E-state index in [1.54, 1.807) is 18.2 Å². The molecule has 0 saturated carbocycles. The summed E-state index contributed by atoms with van der Waals surface area (Å²) in [6, 6.07) is 7.79. The summed E-state index contributed by atoms with van der Waals surface area (Å²) in [5.74, 6) is -0.433. The van der Waals surface area contributed by atoms with Crippen LogP contribution in [0.4, 0.5) is 21.5 Å². The first kappa shape index (κ1) is 13.8. The fourth-order valence-electron chi connectivity index (χ4n) is 1.58. The second-order valence-electron chi connectivity index (χ2n) is 3.80. The molecule has 0 amide bonds. The van der Waals surface area contributed by atoms with Crippen LogP contribution in [0.5, 0.6) is 5.75 Å². The molecule has 19 heavy (non-hydrogen) atoms. The minimum absolute atomic E-state index is 0.0925. The highest BCUT2D eigenvalue weighted by molar-refractivity contribution is 6.43. The Morgan fingerprint density at radius 1 is 1.21 bits per heavy atom. The maximum absolute atomic E-state index is 13.4. The van der Waals surface area contributed by atoms with E-state index in [1.807, 2.05) is 0 Å². The van der Waals surface area contributed by atoms with Crippen LogP contribution < -0.4 is 15.8 Å². The van der Waals surface area contributed by atoms with Gasteiger partial charge in [-0.3, -0.25) is 0 Å². The number of methoxy groups -OCH3 is 1. The van der Waals surface area contributed by atoms with E-state index in [2.05, 4.69) is 5.32 Å². The number of halogens is 3. The number of nitrogens with two attached hydrogens (primary N) is 1. The number of hydrogen-bond acceptors (Lipinski definition) is 3. The molecule has 0 fully saturated rings. The van der Waals surface area contributed by atoms with Gasteiger partial charge in [-0.1, -0.05) is 29.3 Å². The van der Waals surface area contributed by atoms with Crippen molar-refractivity contribution in [3.8, 4) is 5.75 Å². The van der Waals surface area contributed by atoms with Gasteiger partial charge in [-0.25, -0.2) is 4.39 Å². The van der Waals surface area contributed by atoms with E-state index in [0.717, 1.165) is 0 Å². The summed E-state index contributed by atoms with van der Waals surface area (Å²) in [6.45, 7) is 0. The van der Waals surface area contributed by atoms with Crippen LogP contribution in [0.2, 0.25) is 10.0 Å². The Hall–Kier alpha value is -1.65. The SMILES string of the molecule is COc1cc(Nc2cccc(Cl)c2Cl)c(N)cc1F. The van der Waals surface area contributed by atoms with Gasteiger partial charge in [0, 0.05) is 12.1 Å². The zero-order valence-corrected chi connectivity index (χ0v) is 11.5. The van der Waals surface area contributed by atoms with Crippen molar-refractivity contribution in [3.05, 3.63) is 46.2 Å². The van der Waals surface area contributed by atoms with Gasteiger partial charge < -0.3 is 15.8 Å². The predicted molar refractivity (Wildman–Crippen MR) is 77.1 cm³/mol. The van der Waals surface area contributed by atoms with E-state index in [4.69, 9.17) is 33.7 Å². The van der Waals surface area contributed by atoms with Crippen LogP contribution >= 0.6 is 23.2 Å². The smallest absolute Gasteiger partial charge is 0.167 e. The molecule has 0 aromatic heterocycles. The van der Waals surface area contributed by atoms with Gasteiger partial charge in [0.1, 0.15) is 0 Å². The molecule has 0 atom stereocenters. The van der Waals surface area contributed by atoms with Crippen molar-refractivity contribution >= 4 is 40.3 Å². The van der Waals surface area contributed by atoms with Gasteiger partial charge >= 0.3 is 0 Å². The molecule has 0 saturated heterocycles. The third-order valence-electron chi connectivity index (χ3n) is 2.54. The summed E-state index contributed by atoms with van der Waals surface area (Å²) < 4.78 is 18.3. The van der Waals surface area contributed by atoms with Crippen molar-refractivity contribution in [1.82, 2.24) is 0 Å². The summed E-state index contributed by atoms with van der Waals surface area (Å²) in [4.78, 5) is 0. The van der Waals surface area contributed by atoms with Crippen LogP contribution in [0, 0.1) is 5.82 Å².